The van der Waals surface area contributed by atoms with Crippen molar-refractivity contribution in [2.45, 2.75) is 6.54 Å². The topological polar surface area (TPSA) is 117 Å². The molecule has 0 radical (unpaired) electrons. The van der Waals surface area contributed by atoms with Gasteiger partial charge in [0.25, 0.3) is 11.6 Å². The number of nitrogens with one attached hydrogen (secondary N) is 1. The van der Waals surface area contributed by atoms with E-state index in [-0.39, 0.29) is 23.9 Å². The molecule has 1 amide bonds. The maximum Gasteiger partial charge on any atom is 0.345 e. The second kappa shape index (κ2) is 7.92. The van der Waals surface area contributed by atoms with Crippen molar-refractivity contribution in [2.75, 3.05) is 13.4 Å². The number of nitrogens with zero attached hydrogens (tertiary/aromatic N) is 1. The van der Waals surface area contributed by atoms with Gasteiger partial charge in [-0.1, -0.05) is 17.7 Å². The van der Waals surface area contributed by atoms with Crippen LogP contribution in [0.4, 0.5) is 5.69 Å². The summed E-state index contributed by atoms with van der Waals surface area (Å²) in [7, 11) is 0. The summed E-state index contributed by atoms with van der Waals surface area (Å²) in [4.78, 5) is 34.1. The van der Waals surface area contributed by atoms with E-state index in [1.807, 2.05) is 0 Å². The number of carbonyl (C=O) groups is 2. The molecule has 140 valence electrons. The first-order chi connectivity index (χ1) is 12.9. The Hall–Kier alpha value is -3.33. The fourth-order valence-corrected chi connectivity index (χ4v) is 2.51. The molecule has 1 aliphatic heterocycles. The molecule has 10 heteroatoms. The standard InChI is InChI=1S/C17H13ClN2O7/c18-11-2-3-13(20(23)24)12(6-11)17(22)25-8-16(21)19-7-10-1-4-14-15(5-10)27-9-26-14/h1-6H,7-9H2,(H,19,21). The van der Waals surface area contributed by atoms with Gasteiger partial charge in [0.1, 0.15) is 5.56 Å². The molecule has 1 N–H and O–H groups in total. The number of nitro groups is 1. The molecular formula is C17H13ClN2O7. The Kier molecular flexibility index (Phi) is 5.41. The first-order valence-corrected chi connectivity index (χ1v) is 8.08. The number of carbonyl (C=O) groups excluding carboxylic acids is 2. The maximum atomic E-state index is 12.0. The van der Waals surface area contributed by atoms with Gasteiger partial charge in [0, 0.05) is 17.6 Å². The molecule has 0 aromatic heterocycles. The van der Waals surface area contributed by atoms with E-state index in [1.165, 1.54) is 6.07 Å². The molecule has 0 atom stereocenters. The van der Waals surface area contributed by atoms with Crippen molar-refractivity contribution in [1.29, 1.82) is 0 Å². The Labute approximate surface area is 157 Å². The van der Waals surface area contributed by atoms with E-state index in [1.54, 1.807) is 18.2 Å². The van der Waals surface area contributed by atoms with E-state index in [9.17, 15) is 19.7 Å². The summed E-state index contributed by atoms with van der Waals surface area (Å²) in [6.07, 6.45) is 0. The average molecular weight is 393 g/mol. The summed E-state index contributed by atoms with van der Waals surface area (Å²) >= 11 is 5.76. The molecule has 0 saturated heterocycles. The highest BCUT2D eigenvalue weighted by Crippen LogP contribution is 2.32. The molecule has 9 nitrogen and oxygen atoms in total. The summed E-state index contributed by atoms with van der Waals surface area (Å²) in [5.41, 5.74) is -0.00866. The van der Waals surface area contributed by atoms with Crippen LogP contribution in [-0.2, 0) is 16.1 Å². The fraction of sp³-hybridized carbons (Fsp3) is 0.176. The number of rotatable bonds is 6. The van der Waals surface area contributed by atoms with Gasteiger partial charge in [-0.15, -0.1) is 0 Å². The average Bonchev–Trinajstić information content (AvgIpc) is 3.11. The highest BCUT2D eigenvalue weighted by Gasteiger charge is 2.22. The monoisotopic (exact) mass is 392 g/mol. The molecule has 1 aliphatic rings. The second-order valence-corrected chi connectivity index (χ2v) is 5.90. The first kappa shape index (κ1) is 18.5. The summed E-state index contributed by atoms with van der Waals surface area (Å²) < 4.78 is 15.3. The van der Waals surface area contributed by atoms with E-state index in [0.717, 1.165) is 17.7 Å². The van der Waals surface area contributed by atoms with Gasteiger partial charge in [-0.2, -0.15) is 0 Å². The Morgan fingerprint density at radius 3 is 2.74 bits per heavy atom. The lowest BCUT2D eigenvalue weighted by Gasteiger charge is -2.08. The lowest BCUT2D eigenvalue weighted by atomic mass is 10.2. The molecule has 3 rings (SSSR count). The number of halogens is 1. The van der Waals surface area contributed by atoms with Gasteiger partial charge < -0.3 is 19.5 Å². The molecule has 1 heterocycles. The maximum absolute atomic E-state index is 12.0. The van der Waals surface area contributed by atoms with E-state index >= 15 is 0 Å². The minimum atomic E-state index is -1.01. The van der Waals surface area contributed by atoms with E-state index in [2.05, 4.69) is 5.32 Å². The van der Waals surface area contributed by atoms with E-state index in [0.29, 0.717) is 11.5 Å². The normalized spacial score (nSPS) is 11.7. The molecule has 0 spiro atoms. The summed E-state index contributed by atoms with van der Waals surface area (Å²) in [6.45, 7) is -0.256. The summed E-state index contributed by atoms with van der Waals surface area (Å²) in [5.74, 6) is -0.364. The first-order valence-electron chi connectivity index (χ1n) is 7.70. The molecule has 0 saturated carbocycles. The molecule has 0 unspecified atom stereocenters. The van der Waals surface area contributed by atoms with Gasteiger partial charge in [0.05, 0.1) is 4.92 Å². The lowest BCUT2D eigenvalue weighted by Crippen LogP contribution is -2.28. The Morgan fingerprint density at radius 1 is 1.19 bits per heavy atom. The van der Waals surface area contributed by atoms with Gasteiger partial charge in [-0.05, 0) is 29.8 Å². The van der Waals surface area contributed by atoms with Crippen LogP contribution in [-0.4, -0.2) is 30.2 Å². The van der Waals surface area contributed by atoms with Crippen molar-refractivity contribution in [3.8, 4) is 11.5 Å². The molecular weight excluding hydrogens is 380 g/mol. The number of hydrogen-bond acceptors (Lipinski definition) is 7. The molecule has 2 aromatic carbocycles. The van der Waals surface area contributed by atoms with Gasteiger partial charge in [0.15, 0.2) is 18.1 Å². The van der Waals surface area contributed by atoms with Crippen LogP contribution in [0.5, 0.6) is 11.5 Å². The van der Waals surface area contributed by atoms with Gasteiger partial charge in [0.2, 0.25) is 6.79 Å². The molecule has 27 heavy (non-hydrogen) atoms. The quantitative estimate of drug-likeness (QED) is 0.455. The highest BCUT2D eigenvalue weighted by atomic mass is 35.5. The van der Waals surface area contributed by atoms with Gasteiger partial charge >= 0.3 is 5.97 Å². The Balaban J connectivity index is 1.54. The lowest BCUT2D eigenvalue weighted by molar-refractivity contribution is -0.385. The number of ether oxygens (including phenoxy) is 3. The molecule has 0 fully saturated rings. The minimum absolute atomic E-state index is 0.139. The van der Waals surface area contributed by atoms with Crippen LogP contribution in [0.1, 0.15) is 15.9 Å². The van der Waals surface area contributed by atoms with Crippen LogP contribution in [0.15, 0.2) is 36.4 Å². The minimum Gasteiger partial charge on any atom is -0.454 e. The predicted octanol–water partition coefficient (Wildman–Crippen LogP) is 2.45. The number of amides is 1. The predicted molar refractivity (Wildman–Crippen MR) is 92.8 cm³/mol. The molecule has 2 aromatic rings. The van der Waals surface area contributed by atoms with Crippen LogP contribution in [0.25, 0.3) is 0 Å². The van der Waals surface area contributed by atoms with Crippen LogP contribution in [0, 0.1) is 10.1 Å². The second-order valence-electron chi connectivity index (χ2n) is 5.46. The van der Waals surface area contributed by atoms with Crippen LogP contribution in [0.3, 0.4) is 0 Å². The number of esters is 1. The number of nitro benzene ring substituents is 1. The van der Waals surface area contributed by atoms with Crippen molar-refractivity contribution >= 4 is 29.2 Å². The molecule has 0 bridgehead atoms. The fourth-order valence-electron chi connectivity index (χ4n) is 2.34. The zero-order chi connectivity index (χ0) is 19.4. The Morgan fingerprint density at radius 2 is 1.96 bits per heavy atom. The zero-order valence-corrected chi connectivity index (χ0v) is 14.5. The van der Waals surface area contributed by atoms with Crippen molar-refractivity contribution in [3.05, 3.63) is 62.7 Å². The van der Waals surface area contributed by atoms with Gasteiger partial charge in [-0.25, -0.2) is 4.79 Å². The third kappa shape index (κ3) is 4.45. The smallest absolute Gasteiger partial charge is 0.345 e. The third-order valence-electron chi connectivity index (χ3n) is 3.64. The van der Waals surface area contributed by atoms with Crippen molar-refractivity contribution in [2.24, 2.45) is 0 Å². The number of fused-ring (bicyclic) bond motifs is 1. The Bertz CT molecular complexity index is 916. The third-order valence-corrected chi connectivity index (χ3v) is 3.87. The number of hydrogen-bond donors (Lipinski definition) is 1. The summed E-state index contributed by atoms with van der Waals surface area (Å²) in [6, 6.07) is 8.71. The summed E-state index contributed by atoms with van der Waals surface area (Å²) in [5, 5.41) is 13.7. The van der Waals surface area contributed by atoms with Crippen molar-refractivity contribution < 1.29 is 28.7 Å². The van der Waals surface area contributed by atoms with E-state index in [4.69, 9.17) is 25.8 Å². The SMILES string of the molecule is O=C(COC(=O)c1cc(Cl)ccc1[N+](=O)[O-])NCc1ccc2c(c1)OCO2. The highest BCUT2D eigenvalue weighted by molar-refractivity contribution is 6.31. The number of benzene rings is 2. The van der Waals surface area contributed by atoms with Crippen LogP contribution < -0.4 is 14.8 Å². The van der Waals surface area contributed by atoms with Gasteiger partial charge in [-0.3, -0.25) is 14.9 Å². The van der Waals surface area contributed by atoms with Crippen LogP contribution in [0.2, 0.25) is 5.02 Å². The van der Waals surface area contributed by atoms with Crippen LogP contribution >= 0.6 is 11.6 Å². The van der Waals surface area contributed by atoms with Crippen molar-refractivity contribution in [1.82, 2.24) is 5.32 Å². The van der Waals surface area contributed by atoms with E-state index < -0.39 is 29.1 Å². The molecule has 0 aliphatic carbocycles. The zero-order valence-electron chi connectivity index (χ0n) is 13.8. The largest absolute Gasteiger partial charge is 0.454 e. The van der Waals surface area contributed by atoms with Crippen molar-refractivity contribution in [3.63, 3.8) is 0 Å².